The molecule has 1 aromatic carbocycles. The van der Waals surface area contributed by atoms with Crippen molar-refractivity contribution < 1.29 is 18.0 Å². The Morgan fingerprint density at radius 1 is 1.37 bits per heavy atom. The van der Waals surface area contributed by atoms with E-state index in [0.29, 0.717) is 18.8 Å². The summed E-state index contributed by atoms with van der Waals surface area (Å²) in [6, 6.07) is 3.80. The molecular formula is C12H14F3N3O. The van der Waals surface area contributed by atoms with Crippen LogP contribution in [0.2, 0.25) is 0 Å². The summed E-state index contributed by atoms with van der Waals surface area (Å²) in [4.78, 5) is 13.0. The van der Waals surface area contributed by atoms with Crippen molar-refractivity contribution in [3.63, 3.8) is 0 Å². The highest BCUT2D eigenvalue weighted by atomic mass is 19.4. The minimum absolute atomic E-state index is 0.0379. The number of carbonyl (C=O) groups excluding carboxylic acids is 1. The molecule has 0 aliphatic carbocycles. The maximum Gasteiger partial charge on any atom is 0.416 e. The number of halogens is 3. The second-order valence-electron chi connectivity index (χ2n) is 4.31. The predicted octanol–water partition coefficient (Wildman–Crippen LogP) is 1.10. The van der Waals surface area contributed by atoms with Crippen molar-refractivity contribution in [2.24, 2.45) is 5.73 Å². The SMILES string of the molecule is NCc1cc(N2CCNC(=O)C2)ccc1C(F)(F)F. The third-order valence-electron chi connectivity index (χ3n) is 3.02. The van der Waals surface area contributed by atoms with E-state index in [9.17, 15) is 18.0 Å². The number of nitrogens with one attached hydrogen (secondary N) is 1. The maximum absolute atomic E-state index is 12.7. The van der Waals surface area contributed by atoms with E-state index < -0.39 is 11.7 Å². The fraction of sp³-hybridized carbons (Fsp3) is 0.417. The fourth-order valence-corrected chi connectivity index (χ4v) is 2.08. The smallest absolute Gasteiger partial charge is 0.360 e. The predicted molar refractivity (Wildman–Crippen MR) is 64.6 cm³/mol. The highest BCUT2D eigenvalue weighted by molar-refractivity contribution is 5.82. The lowest BCUT2D eigenvalue weighted by Gasteiger charge is -2.29. The number of carbonyl (C=O) groups is 1. The molecule has 1 saturated heterocycles. The van der Waals surface area contributed by atoms with E-state index in [-0.39, 0.29) is 24.6 Å². The Labute approximate surface area is 108 Å². The zero-order valence-corrected chi connectivity index (χ0v) is 10.1. The molecule has 2 rings (SSSR count). The van der Waals surface area contributed by atoms with E-state index >= 15 is 0 Å². The molecule has 0 aromatic heterocycles. The molecule has 1 heterocycles. The molecule has 1 aromatic rings. The van der Waals surface area contributed by atoms with Gasteiger partial charge in [0.25, 0.3) is 0 Å². The second kappa shape index (κ2) is 5.08. The Kier molecular flexibility index (Phi) is 3.66. The number of hydrogen-bond donors (Lipinski definition) is 2. The van der Waals surface area contributed by atoms with Crippen LogP contribution in [-0.4, -0.2) is 25.5 Å². The fourth-order valence-electron chi connectivity index (χ4n) is 2.08. The van der Waals surface area contributed by atoms with Gasteiger partial charge in [0.1, 0.15) is 0 Å². The van der Waals surface area contributed by atoms with Crippen LogP contribution in [0.25, 0.3) is 0 Å². The molecule has 1 amide bonds. The van der Waals surface area contributed by atoms with E-state index in [1.165, 1.54) is 12.1 Å². The molecule has 0 atom stereocenters. The first-order valence-corrected chi connectivity index (χ1v) is 5.83. The molecule has 0 radical (unpaired) electrons. The molecule has 4 nitrogen and oxygen atoms in total. The summed E-state index contributed by atoms with van der Waals surface area (Å²) >= 11 is 0. The average molecular weight is 273 g/mol. The van der Waals surface area contributed by atoms with Crippen LogP contribution in [-0.2, 0) is 17.5 Å². The number of hydrogen-bond acceptors (Lipinski definition) is 3. The average Bonchev–Trinajstić information content (AvgIpc) is 2.37. The van der Waals surface area contributed by atoms with Gasteiger partial charge in [-0.3, -0.25) is 4.79 Å². The van der Waals surface area contributed by atoms with Gasteiger partial charge in [-0.05, 0) is 23.8 Å². The van der Waals surface area contributed by atoms with Gasteiger partial charge in [0.2, 0.25) is 5.91 Å². The Balaban J connectivity index is 2.31. The molecule has 0 unspecified atom stereocenters. The van der Waals surface area contributed by atoms with Gasteiger partial charge in [-0.1, -0.05) is 0 Å². The Bertz CT molecular complexity index is 488. The van der Waals surface area contributed by atoms with Gasteiger partial charge in [-0.2, -0.15) is 13.2 Å². The number of alkyl halides is 3. The number of anilines is 1. The molecule has 1 fully saturated rings. The maximum atomic E-state index is 12.7. The molecule has 1 aliphatic heterocycles. The van der Waals surface area contributed by atoms with E-state index in [2.05, 4.69) is 5.32 Å². The van der Waals surface area contributed by atoms with Crippen LogP contribution in [0.3, 0.4) is 0 Å². The standard InChI is InChI=1S/C12H14F3N3O/c13-12(14,15)10-2-1-9(5-8(10)6-16)18-4-3-17-11(19)7-18/h1-2,5H,3-4,6-7,16H2,(H,17,19). The number of nitrogens with two attached hydrogens (primary N) is 1. The first-order chi connectivity index (χ1) is 8.91. The van der Waals surface area contributed by atoms with Crippen LogP contribution in [0.1, 0.15) is 11.1 Å². The number of benzene rings is 1. The lowest BCUT2D eigenvalue weighted by Crippen LogP contribution is -2.47. The lowest BCUT2D eigenvalue weighted by molar-refractivity contribution is -0.138. The Morgan fingerprint density at radius 2 is 2.11 bits per heavy atom. The van der Waals surface area contributed by atoms with Crippen LogP contribution in [0.4, 0.5) is 18.9 Å². The Morgan fingerprint density at radius 3 is 2.68 bits per heavy atom. The van der Waals surface area contributed by atoms with Gasteiger partial charge in [-0.15, -0.1) is 0 Å². The summed E-state index contributed by atoms with van der Waals surface area (Å²) in [5.41, 5.74) is 5.28. The van der Waals surface area contributed by atoms with Crippen molar-refractivity contribution in [2.75, 3.05) is 24.5 Å². The van der Waals surface area contributed by atoms with Crippen LogP contribution < -0.4 is 16.0 Å². The van der Waals surface area contributed by atoms with E-state index in [0.717, 1.165) is 6.07 Å². The Hall–Kier alpha value is -1.76. The summed E-state index contributed by atoms with van der Waals surface area (Å²) < 4.78 is 38.2. The quantitative estimate of drug-likeness (QED) is 0.848. The third kappa shape index (κ3) is 2.98. The number of amides is 1. The van der Waals surface area contributed by atoms with Gasteiger partial charge in [0.05, 0.1) is 12.1 Å². The molecule has 0 spiro atoms. The van der Waals surface area contributed by atoms with Crippen molar-refractivity contribution in [3.05, 3.63) is 29.3 Å². The van der Waals surface area contributed by atoms with Crippen LogP contribution in [0.15, 0.2) is 18.2 Å². The minimum Gasteiger partial charge on any atom is -0.360 e. The first kappa shape index (κ1) is 13.7. The molecule has 0 bridgehead atoms. The highest BCUT2D eigenvalue weighted by Gasteiger charge is 2.33. The summed E-state index contributed by atoms with van der Waals surface area (Å²) in [6.07, 6.45) is -4.41. The molecule has 19 heavy (non-hydrogen) atoms. The number of piperazine rings is 1. The van der Waals surface area contributed by atoms with Crippen molar-refractivity contribution in [3.8, 4) is 0 Å². The largest absolute Gasteiger partial charge is 0.416 e. The van der Waals surface area contributed by atoms with Gasteiger partial charge in [-0.25, -0.2) is 0 Å². The molecule has 3 N–H and O–H groups in total. The molecular weight excluding hydrogens is 259 g/mol. The molecule has 0 saturated carbocycles. The van der Waals surface area contributed by atoms with Crippen molar-refractivity contribution in [1.29, 1.82) is 0 Å². The van der Waals surface area contributed by atoms with Crippen molar-refractivity contribution in [2.45, 2.75) is 12.7 Å². The molecule has 1 aliphatic rings. The first-order valence-electron chi connectivity index (χ1n) is 5.83. The summed E-state index contributed by atoms with van der Waals surface area (Å²) in [6.45, 7) is 1.01. The van der Waals surface area contributed by atoms with Crippen LogP contribution >= 0.6 is 0 Å². The van der Waals surface area contributed by atoms with Gasteiger partial charge < -0.3 is 16.0 Å². The van der Waals surface area contributed by atoms with Crippen molar-refractivity contribution >= 4 is 11.6 Å². The number of nitrogens with zero attached hydrogens (tertiary/aromatic N) is 1. The monoisotopic (exact) mass is 273 g/mol. The summed E-state index contributed by atoms with van der Waals surface area (Å²) in [5, 5.41) is 2.66. The minimum atomic E-state index is -4.41. The topological polar surface area (TPSA) is 58.4 Å². The zero-order chi connectivity index (χ0) is 14.0. The summed E-state index contributed by atoms with van der Waals surface area (Å²) in [5.74, 6) is -0.138. The molecule has 7 heteroatoms. The van der Waals surface area contributed by atoms with E-state index in [1.807, 2.05) is 0 Å². The lowest BCUT2D eigenvalue weighted by atomic mass is 10.1. The molecule has 104 valence electrons. The number of rotatable bonds is 2. The highest BCUT2D eigenvalue weighted by Crippen LogP contribution is 2.33. The van der Waals surface area contributed by atoms with Gasteiger partial charge in [0.15, 0.2) is 0 Å². The normalized spacial score (nSPS) is 16.4. The second-order valence-corrected chi connectivity index (χ2v) is 4.31. The van der Waals surface area contributed by atoms with Crippen LogP contribution in [0, 0.1) is 0 Å². The van der Waals surface area contributed by atoms with Gasteiger partial charge in [0, 0.05) is 25.3 Å². The summed E-state index contributed by atoms with van der Waals surface area (Å²) in [7, 11) is 0. The van der Waals surface area contributed by atoms with Crippen LogP contribution in [0.5, 0.6) is 0 Å². The van der Waals surface area contributed by atoms with Gasteiger partial charge >= 0.3 is 6.18 Å². The zero-order valence-electron chi connectivity index (χ0n) is 10.1. The third-order valence-corrected chi connectivity index (χ3v) is 3.02. The van der Waals surface area contributed by atoms with E-state index in [1.54, 1.807) is 4.90 Å². The van der Waals surface area contributed by atoms with Crippen molar-refractivity contribution in [1.82, 2.24) is 5.32 Å². The van der Waals surface area contributed by atoms with E-state index in [4.69, 9.17) is 5.73 Å².